The van der Waals surface area contributed by atoms with Gasteiger partial charge in [0.05, 0.1) is 5.69 Å². The predicted molar refractivity (Wildman–Crippen MR) is 144 cm³/mol. The number of likely N-dealkylation sites (N-methyl/N-ethyl adjacent to an activating group) is 1. The molecule has 1 aromatic heterocycles. The molecule has 9 nitrogen and oxygen atoms in total. The number of anilines is 4. The van der Waals surface area contributed by atoms with Crippen LogP contribution in [0.1, 0.15) is 40.1 Å². The van der Waals surface area contributed by atoms with Crippen molar-refractivity contribution in [2.45, 2.75) is 45.6 Å². The Morgan fingerprint density at radius 1 is 1.08 bits per heavy atom. The van der Waals surface area contributed by atoms with Gasteiger partial charge in [0.25, 0.3) is 0 Å². The Kier molecular flexibility index (Phi) is 6.78. The molecule has 4 heterocycles. The SMILES string of the molecule is CCC(CC)N1C(=O)C2(CCN(C)C2=O)Cc2cnc(Nc3ccc(N4CCN(C)CC4)c(F)c3)nc21.[HH]. The first-order chi connectivity index (χ1) is 17.8. The fraction of sp³-hybridized carbons (Fsp3) is 0.556. The van der Waals surface area contributed by atoms with Gasteiger partial charge in [0.15, 0.2) is 0 Å². The van der Waals surface area contributed by atoms with Gasteiger partial charge in [-0.15, -0.1) is 0 Å². The zero-order valence-corrected chi connectivity index (χ0v) is 22.1. The Morgan fingerprint density at radius 2 is 1.81 bits per heavy atom. The summed E-state index contributed by atoms with van der Waals surface area (Å²) in [5.74, 6) is 0.235. The van der Waals surface area contributed by atoms with Gasteiger partial charge >= 0.3 is 0 Å². The number of nitrogens with one attached hydrogen (secondary N) is 1. The van der Waals surface area contributed by atoms with E-state index in [1.807, 2.05) is 19.9 Å². The Bertz CT molecular complexity index is 1200. The molecule has 0 bridgehead atoms. The van der Waals surface area contributed by atoms with Gasteiger partial charge in [-0.25, -0.2) is 9.37 Å². The molecule has 10 heteroatoms. The van der Waals surface area contributed by atoms with Gasteiger partial charge in [-0.05, 0) is 44.5 Å². The highest BCUT2D eigenvalue weighted by Gasteiger charge is 2.57. The normalized spacial score (nSPS) is 22.4. The van der Waals surface area contributed by atoms with Crippen molar-refractivity contribution in [3.8, 4) is 0 Å². The molecule has 37 heavy (non-hydrogen) atoms. The summed E-state index contributed by atoms with van der Waals surface area (Å²) in [6.07, 6.45) is 3.99. The number of benzene rings is 1. The maximum atomic E-state index is 15.0. The van der Waals surface area contributed by atoms with Crippen molar-refractivity contribution < 1.29 is 15.4 Å². The summed E-state index contributed by atoms with van der Waals surface area (Å²) < 4.78 is 15.0. The summed E-state index contributed by atoms with van der Waals surface area (Å²) >= 11 is 0. The molecule has 1 atom stereocenters. The monoisotopic (exact) mass is 511 g/mol. The lowest BCUT2D eigenvalue weighted by Crippen LogP contribution is -2.56. The summed E-state index contributed by atoms with van der Waals surface area (Å²) in [5, 5.41) is 3.12. The molecule has 1 unspecified atom stereocenters. The number of halogens is 1. The molecule has 2 amide bonds. The van der Waals surface area contributed by atoms with Crippen molar-refractivity contribution in [1.29, 1.82) is 0 Å². The second kappa shape index (κ2) is 9.89. The van der Waals surface area contributed by atoms with E-state index in [1.54, 1.807) is 29.1 Å². The van der Waals surface area contributed by atoms with E-state index in [0.717, 1.165) is 44.6 Å². The number of nitrogens with zero attached hydrogens (tertiary/aromatic N) is 6. The largest absolute Gasteiger partial charge is 0.367 e. The van der Waals surface area contributed by atoms with Crippen LogP contribution in [-0.2, 0) is 16.0 Å². The molecule has 0 aliphatic carbocycles. The zero-order chi connectivity index (χ0) is 26.3. The molecular formula is C27H38FN7O2. The van der Waals surface area contributed by atoms with Crippen molar-refractivity contribution >= 4 is 35.0 Å². The Hall–Kier alpha value is -3.27. The minimum Gasteiger partial charge on any atom is -0.367 e. The molecule has 0 saturated carbocycles. The minimum atomic E-state index is -1.08. The third kappa shape index (κ3) is 4.41. The molecule has 3 aliphatic rings. The van der Waals surface area contributed by atoms with Gasteiger partial charge in [0.1, 0.15) is 17.1 Å². The minimum absolute atomic E-state index is 0. The van der Waals surface area contributed by atoms with Crippen LogP contribution in [0.25, 0.3) is 0 Å². The van der Waals surface area contributed by atoms with Gasteiger partial charge in [-0.1, -0.05) is 13.8 Å². The van der Waals surface area contributed by atoms with E-state index in [1.165, 1.54) is 6.07 Å². The highest BCUT2D eigenvalue weighted by atomic mass is 19.1. The molecule has 2 saturated heterocycles. The lowest BCUT2D eigenvalue weighted by Gasteiger charge is -2.41. The summed E-state index contributed by atoms with van der Waals surface area (Å²) in [7, 11) is 3.82. The summed E-state index contributed by atoms with van der Waals surface area (Å²) in [5.41, 5.74) is 0.838. The first-order valence-electron chi connectivity index (χ1n) is 13.2. The molecule has 0 radical (unpaired) electrons. The third-order valence-corrected chi connectivity index (χ3v) is 8.18. The number of amides is 2. The Labute approximate surface area is 219 Å². The molecule has 5 rings (SSSR count). The molecule has 200 valence electrons. The van der Waals surface area contributed by atoms with Gasteiger partial charge < -0.3 is 20.0 Å². The number of hydrogen-bond acceptors (Lipinski definition) is 7. The zero-order valence-electron chi connectivity index (χ0n) is 22.1. The number of aromatic nitrogens is 2. The van der Waals surface area contributed by atoms with E-state index in [2.05, 4.69) is 27.1 Å². The molecule has 3 aliphatic heterocycles. The van der Waals surface area contributed by atoms with E-state index in [4.69, 9.17) is 4.98 Å². The molecule has 1 N–H and O–H groups in total. The van der Waals surface area contributed by atoms with Crippen molar-refractivity contribution in [2.75, 3.05) is 61.9 Å². The van der Waals surface area contributed by atoms with Gasteiger partial charge in [0, 0.05) is 71.1 Å². The number of piperazine rings is 1. The average molecular weight is 512 g/mol. The maximum Gasteiger partial charge on any atom is 0.244 e. The van der Waals surface area contributed by atoms with Crippen LogP contribution in [0.3, 0.4) is 0 Å². The predicted octanol–water partition coefficient (Wildman–Crippen LogP) is 3.28. The number of rotatable bonds is 6. The standard InChI is InChI=1S/C27H36FN7O2.H2/c1-5-20(6-2)35-23-18(16-27(25(35)37)9-10-33(4)24(27)36)17-29-26(31-23)30-19-7-8-22(21(28)15-19)34-13-11-32(3)12-14-34;/h7-8,15,17,20H,5-6,9-14,16H2,1-4H3,(H,29,30,31);1H. The molecule has 1 spiro atoms. The first kappa shape index (κ1) is 25.4. The number of likely N-dealkylation sites (tertiary alicyclic amines) is 1. The van der Waals surface area contributed by atoms with E-state index in [9.17, 15) is 9.59 Å². The highest BCUT2D eigenvalue weighted by Crippen LogP contribution is 2.45. The quantitative estimate of drug-likeness (QED) is 0.596. The second-order valence-electron chi connectivity index (χ2n) is 10.5. The molecule has 2 fully saturated rings. The lowest BCUT2D eigenvalue weighted by molar-refractivity contribution is -0.144. The first-order valence-corrected chi connectivity index (χ1v) is 13.2. The lowest BCUT2D eigenvalue weighted by atomic mass is 9.76. The maximum absolute atomic E-state index is 15.0. The highest BCUT2D eigenvalue weighted by molar-refractivity contribution is 6.14. The van der Waals surface area contributed by atoms with Crippen molar-refractivity contribution in [2.24, 2.45) is 5.41 Å². The second-order valence-corrected chi connectivity index (χ2v) is 10.5. The van der Waals surface area contributed by atoms with Crippen LogP contribution in [0.15, 0.2) is 24.4 Å². The van der Waals surface area contributed by atoms with E-state index < -0.39 is 5.41 Å². The molecular weight excluding hydrogens is 473 g/mol. The van der Waals surface area contributed by atoms with Crippen molar-refractivity contribution in [3.63, 3.8) is 0 Å². The number of carbonyl (C=O) groups excluding carboxylic acids is 2. The summed E-state index contributed by atoms with van der Waals surface area (Å²) in [4.78, 5) is 43.9. The number of hydrogen-bond donors (Lipinski definition) is 1. The topological polar surface area (TPSA) is 84.9 Å². The van der Waals surface area contributed by atoms with Gasteiger partial charge in [0.2, 0.25) is 17.8 Å². The van der Waals surface area contributed by atoms with E-state index in [0.29, 0.717) is 42.5 Å². The molecule has 1 aromatic carbocycles. The van der Waals surface area contributed by atoms with Crippen LogP contribution in [0.5, 0.6) is 0 Å². The van der Waals surface area contributed by atoms with Crippen LogP contribution >= 0.6 is 0 Å². The van der Waals surface area contributed by atoms with Gasteiger partial charge in [-0.3, -0.25) is 14.5 Å². The third-order valence-electron chi connectivity index (χ3n) is 8.18. The van der Waals surface area contributed by atoms with E-state index >= 15 is 4.39 Å². The average Bonchev–Trinajstić information content (AvgIpc) is 3.17. The number of fused-ring (bicyclic) bond motifs is 1. The van der Waals surface area contributed by atoms with Crippen LogP contribution in [0.2, 0.25) is 0 Å². The number of carbonyl (C=O) groups is 2. The van der Waals surface area contributed by atoms with E-state index in [-0.39, 0.29) is 25.1 Å². The summed E-state index contributed by atoms with van der Waals surface area (Å²) in [6.45, 7) is 8.01. The fourth-order valence-corrected chi connectivity index (χ4v) is 5.82. The van der Waals surface area contributed by atoms with Crippen LogP contribution < -0.4 is 15.1 Å². The molecule has 2 aromatic rings. The van der Waals surface area contributed by atoms with Gasteiger partial charge in [-0.2, -0.15) is 4.98 Å². The smallest absolute Gasteiger partial charge is 0.244 e. The van der Waals surface area contributed by atoms with Crippen LogP contribution in [0, 0.1) is 11.2 Å². The van der Waals surface area contributed by atoms with Crippen LogP contribution in [0.4, 0.5) is 27.5 Å². The van der Waals surface area contributed by atoms with Crippen molar-refractivity contribution in [3.05, 3.63) is 35.8 Å². The Morgan fingerprint density at radius 3 is 2.43 bits per heavy atom. The van der Waals surface area contributed by atoms with Crippen LogP contribution in [-0.4, -0.2) is 84.4 Å². The fourth-order valence-electron chi connectivity index (χ4n) is 5.82. The Balaban J connectivity index is 0.00000336. The summed E-state index contributed by atoms with van der Waals surface area (Å²) in [6, 6.07) is 4.99. The van der Waals surface area contributed by atoms with Crippen molar-refractivity contribution in [1.82, 2.24) is 19.8 Å².